The molecule has 2 aromatic rings. The van der Waals surface area contributed by atoms with Crippen molar-refractivity contribution in [3.8, 4) is 5.75 Å². The zero-order chi connectivity index (χ0) is 16.9. The molecule has 24 heavy (non-hydrogen) atoms. The van der Waals surface area contributed by atoms with Gasteiger partial charge in [-0.15, -0.1) is 0 Å². The van der Waals surface area contributed by atoms with Crippen molar-refractivity contribution in [2.45, 2.75) is 6.61 Å². The van der Waals surface area contributed by atoms with Gasteiger partial charge < -0.3 is 19.6 Å². The smallest absolute Gasteiger partial charge is 0.407 e. The molecule has 126 valence electrons. The standard InChI is InChI=1S/C18H19FN2O3/c19-16-12-15(20-8-10-21(11-9-20)18(22)23)6-7-17(16)24-13-14-4-2-1-3-5-14/h1-7,12H,8-11,13H2,(H,22,23). The highest BCUT2D eigenvalue weighted by molar-refractivity contribution is 5.65. The van der Waals surface area contributed by atoms with Crippen LogP contribution in [-0.2, 0) is 6.61 Å². The lowest BCUT2D eigenvalue weighted by Crippen LogP contribution is -2.48. The molecule has 1 fully saturated rings. The average molecular weight is 330 g/mol. The Bertz CT molecular complexity index is 701. The van der Waals surface area contributed by atoms with Gasteiger partial charge in [0.1, 0.15) is 6.61 Å². The quantitative estimate of drug-likeness (QED) is 0.935. The SMILES string of the molecule is O=C(O)N1CCN(c2ccc(OCc3ccccc3)c(F)c2)CC1. The van der Waals surface area contributed by atoms with Crippen LogP contribution in [-0.4, -0.2) is 42.3 Å². The molecule has 1 aliphatic heterocycles. The second-order valence-corrected chi connectivity index (χ2v) is 5.65. The van der Waals surface area contributed by atoms with Gasteiger partial charge in [-0.2, -0.15) is 0 Å². The molecule has 1 saturated heterocycles. The number of benzene rings is 2. The lowest BCUT2D eigenvalue weighted by molar-refractivity contribution is 0.142. The van der Waals surface area contributed by atoms with Crippen LogP contribution in [0.15, 0.2) is 48.5 Å². The van der Waals surface area contributed by atoms with E-state index in [0.717, 1.165) is 11.3 Å². The summed E-state index contributed by atoms with van der Waals surface area (Å²) < 4.78 is 19.8. The molecule has 0 radical (unpaired) electrons. The molecule has 0 saturated carbocycles. The summed E-state index contributed by atoms with van der Waals surface area (Å²) in [7, 11) is 0. The molecule has 0 aliphatic carbocycles. The summed E-state index contributed by atoms with van der Waals surface area (Å²) in [6.45, 7) is 2.26. The van der Waals surface area contributed by atoms with E-state index in [1.807, 2.05) is 35.2 Å². The van der Waals surface area contributed by atoms with E-state index in [1.54, 1.807) is 12.1 Å². The Morgan fingerprint density at radius 1 is 1.08 bits per heavy atom. The van der Waals surface area contributed by atoms with Gasteiger partial charge in [-0.3, -0.25) is 0 Å². The van der Waals surface area contributed by atoms with E-state index in [9.17, 15) is 9.18 Å². The largest absolute Gasteiger partial charge is 0.486 e. The van der Waals surface area contributed by atoms with Gasteiger partial charge >= 0.3 is 6.09 Å². The van der Waals surface area contributed by atoms with Gasteiger partial charge in [0.25, 0.3) is 0 Å². The molecule has 1 amide bonds. The molecule has 0 bridgehead atoms. The van der Waals surface area contributed by atoms with Crippen molar-refractivity contribution in [3.63, 3.8) is 0 Å². The van der Waals surface area contributed by atoms with Crippen LogP contribution < -0.4 is 9.64 Å². The first-order valence-corrected chi connectivity index (χ1v) is 7.82. The van der Waals surface area contributed by atoms with Gasteiger partial charge in [0.15, 0.2) is 11.6 Å². The first kappa shape index (κ1) is 16.1. The first-order chi connectivity index (χ1) is 11.6. The summed E-state index contributed by atoms with van der Waals surface area (Å²) in [4.78, 5) is 14.3. The number of rotatable bonds is 4. The van der Waals surface area contributed by atoms with Crippen LogP contribution >= 0.6 is 0 Å². The number of carbonyl (C=O) groups is 1. The van der Waals surface area contributed by atoms with E-state index >= 15 is 0 Å². The van der Waals surface area contributed by atoms with Gasteiger partial charge in [-0.1, -0.05) is 30.3 Å². The predicted octanol–water partition coefficient (Wildman–Crippen LogP) is 3.20. The Balaban J connectivity index is 1.61. The van der Waals surface area contributed by atoms with Gasteiger partial charge in [0.2, 0.25) is 0 Å². The molecule has 3 rings (SSSR count). The fraction of sp³-hybridized carbons (Fsp3) is 0.278. The second-order valence-electron chi connectivity index (χ2n) is 5.65. The molecule has 0 atom stereocenters. The van der Waals surface area contributed by atoms with E-state index in [0.29, 0.717) is 32.8 Å². The van der Waals surface area contributed by atoms with Crippen LogP contribution in [0.3, 0.4) is 0 Å². The number of piperazine rings is 1. The zero-order valence-electron chi connectivity index (χ0n) is 13.2. The highest BCUT2D eigenvalue weighted by Gasteiger charge is 2.21. The third-order valence-corrected chi connectivity index (χ3v) is 4.07. The maximum atomic E-state index is 14.3. The topological polar surface area (TPSA) is 53.0 Å². The second kappa shape index (κ2) is 7.21. The minimum absolute atomic E-state index is 0.215. The van der Waals surface area contributed by atoms with Crippen molar-refractivity contribution in [1.82, 2.24) is 4.90 Å². The fourth-order valence-electron chi connectivity index (χ4n) is 2.69. The fourth-order valence-corrected chi connectivity index (χ4v) is 2.69. The minimum Gasteiger partial charge on any atom is -0.486 e. The normalized spacial score (nSPS) is 14.5. The molecular formula is C18H19FN2O3. The molecule has 0 unspecified atom stereocenters. The highest BCUT2D eigenvalue weighted by atomic mass is 19.1. The number of amides is 1. The van der Waals surface area contributed by atoms with Crippen molar-refractivity contribution in [2.24, 2.45) is 0 Å². The summed E-state index contributed by atoms with van der Waals surface area (Å²) in [5.74, 6) is -0.198. The monoisotopic (exact) mass is 330 g/mol. The lowest BCUT2D eigenvalue weighted by Gasteiger charge is -2.34. The molecular weight excluding hydrogens is 311 g/mol. The maximum Gasteiger partial charge on any atom is 0.407 e. The van der Waals surface area contributed by atoms with Gasteiger partial charge in [0, 0.05) is 37.9 Å². The Hall–Kier alpha value is -2.76. The van der Waals surface area contributed by atoms with Gasteiger partial charge in [0.05, 0.1) is 0 Å². The van der Waals surface area contributed by atoms with Crippen LogP contribution in [0.2, 0.25) is 0 Å². The third kappa shape index (κ3) is 3.76. The summed E-state index contributed by atoms with van der Waals surface area (Å²) in [6.07, 6.45) is -0.912. The van der Waals surface area contributed by atoms with Crippen molar-refractivity contribution in [2.75, 3.05) is 31.1 Å². The molecule has 1 aliphatic rings. The Labute approximate surface area is 139 Å². The number of carboxylic acid groups (broad SMARTS) is 1. The highest BCUT2D eigenvalue weighted by Crippen LogP contribution is 2.25. The van der Waals surface area contributed by atoms with E-state index < -0.39 is 11.9 Å². The van der Waals surface area contributed by atoms with Crippen LogP contribution in [0.1, 0.15) is 5.56 Å². The van der Waals surface area contributed by atoms with E-state index in [1.165, 1.54) is 11.0 Å². The Kier molecular flexibility index (Phi) is 4.84. The molecule has 2 aromatic carbocycles. The van der Waals surface area contributed by atoms with Crippen molar-refractivity contribution in [1.29, 1.82) is 0 Å². The van der Waals surface area contributed by atoms with Crippen molar-refractivity contribution >= 4 is 11.8 Å². The molecule has 0 spiro atoms. The average Bonchev–Trinajstić information content (AvgIpc) is 2.61. The first-order valence-electron chi connectivity index (χ1n) is 7.82. The number of hydrogen-bond donors (Lipinski definition) is 1. The Morgan fingerprint density at radius 2 is 1.79 bits per heavy atom. The molecule has 0 aromatic heterocycles. The third-order valence-electron chi connectivity index (χ3n) is 4.07. The number of anilines is 1. The summed E-state index contributed by atoms with van der Waals surface area (Å²) in [5, 5.41) is 8.96. The summed E-state index contributed by atoms with van der Waals surface area (Å²) in [5.41, 5.74) is 1.72. The lowest BCUT2D eigenvalue weighted by atomic mass is 10.2. The minimum atomic E-state index is -0.912. The number of ether oxygens (including phenoxy) is 1. The Morgan fingerprint density at radius 3 is 2.42 bits per heavy atom. The van der Waals surface area contributed by atoms with Crippen molar-refractivity contribution in [3.05, 3.63) is 59.9 Å². The zero-order valence-corrected chi connectivity index (χ0v) is 13.2. The summed E-state index contributed by atoms with van der Waals surface area (Å²) >= 11 is 0. The van der Waals surface area contributed by atoms with E-state index in [4.69, 9.17) is 9.84 Å². The summed E-state index contributed by atoms with van der Waals surface area (Å²) in [6, 6.07) is 14.5. The van der Waals surface area contributed by atoms with Crippen molar-refractivity contribution < 1.29 is 19.0 Å². The van der Waals surface area contributed by atoms with Crippen LogP contribution in [0, 0.1) is 5.82 Å². The van der Waals surface area contributed by atoms with Crippen LogP contribution in [0.25, 0.3) is 0 Å². The number of nitrogens with zero attached hydrogens (tertiary/aromatic N) is 2. The van der Waals surface area contributed by atoms with Crippen LogP contribution in [0.5, 0.6) is 5.75 Å². The predicted molar refractivity (Wildman–Crippen MR) is 89.0 cm³/mol. The molecule has 1 heterocycles. The molecule has 5 nitrogen and oxygen atoms in total. The molecule has 6 heteroatoms. The van der Waals surface area contributed by atoms with Crippen LogP contribution in [0.4, 0.5) is 14.9 Å². The van der Waals surface area contributed by atoms with E-state index in [-0.39, 0.29) is 5.75 Å². The number of halogens is 1. The van der Waals surface area contributed by atoms with Gasteiger partial charge in [-0.05, 0) is 17.7 Å². The van der Waals surface area contributed by atoms with Gasteiger partial charge in [-0.25, -0.2) is 9.18 Å². The maximum absolute atomic E-state index is 14.3. The van der Waals surface area contributed by atoms with E-state index in [2.05, 4.69) is 0 Å². The number of hydrogen-bond acceptors (Lipinski definition) is 3. The molecule has 1 N–H and O–H groups in total.